The van der Waals surface area contributed by atoms with E-state index in [1.54, 1.807) is 32.9 Å². The lowest BCUT2D eigenvalue weighted by atomic mass is 9.73. The molecule has 0 saturated heterocycles. The third-order valence-corrected chi connectivity index (χ3v) is 6.63. The van der Waals surface area contributed by atoms with Gasteiger partial charge in [-0.15, -0.1) is 0 Å². The van der Waals surface area contributed by atoms with E-state index in [2.05, 4.69) is 5.32 Å². The van der Waals surface area contributed by atoms with Gasteiger partial charge in [-0.3, -0.25) is 4.79 Å². The molecule has 8 heteroatoms. The smallest absolute Gasteiger partial charge is 0.408 e. The number of aryl methyl sites for hydroxylation is 1. The van der Waals surface area contributed by atoms with Crippen LogP contribution in [0.4, 0.5) is 4.79 Å². The van der Waals surface area contributed by atoms with E-state index in [4.69, 9.17) is 9.47 Å². The Morgan fingerprint density at radius 2 is 1.74 bits per heavy atom. The summed E-state index contributed by atoms with van der Waals surface area (Å²) in [5, 5.41) is 1.21. The molecule has 7 nitrogen and oxygen atoms in total. The Hall–Kier alpha value is -2.09. The molecule has 1 aliphatic rings. The average Bonchev–Trinajstić information content (AvgIpc) is 2.51. The van der Waals surface area contributed by atoms with E-state index in [1.165, 1.54) is 19.2 Å². The van der Waals surface area contributed by atoms with Gasteiger partial charge in [-0.1, -0.05) is 17.7 Å². The molecule has 1 amide bonds. The molecule has 1 fully saturated rings. The largest absolute Gasteiger partial charge is 0.469 e. The summed E-state index contributed by atoms with van der Waals surface area (Å²) in [4.78, 5) is 24.3. The lowest BCUT2D eigenvalue weighted by Crippen LogP contribution is -2.54. The van der Waals surface area contributed by atoms with Gasteiger partial charge in [0.15, 0.2) is 9.84 Å². The van der Waals surface area contributed by atoms with Crippen LogP contribution in [-0.4, -0.2) is 38.6 Å². The molecule has 1 saturated carbocycles. The quantitative estimate of drug-likeness (QED) is 0.767. The van der Waals surface area contributed by atoms with Crippen molar-refractivity contribution in [1.29, 1.82) is 0 Å². The molecule has 27 heavy (non-hydrogen) atoms. The number of sulfone groups is 1. The van der Waals surface area contributed by atoms with Crippen LogP contribution >= 0.6 is 0 Å². The van der Waals surface area contributed by atoms with Gasteiger partial charge in [0.25, 0.3) is 0 Å². The number of rotatable bonds is 5. The van der Waals surface area contributed by atoms with Crippen LogP contribution in [0.5, 0.6) is 0 Å². The highest BCUT2D eigenvalue weighted by molar-refractivity contribution is 7.92. The molecular weight excluding hydrogens is 370 g/mol. The number of benzene rings is 1. The van der Waals surface area contributed by atoms with Crippen LogP contribution < -0.4 is 5.32 Å². The molecule has 3 unspecified atom stereocenters. The van der Waals surface area contributed by atoms with Crippen molar-refractivity contribution in [3.63, 3.8) is 0 Å². The summed E-state index contributed by atoms with van der Waals surface area (Å²) >= 11 is 0. The molecule has 1 aliphatic carbocycles. The fourth-order valence-corrected chi connectivity index (χ4v) is 4.89. The number of esters is 1. The first-order chi connectivity index (χ1) is 12.5. The Bertz CT molecular complexity index is 794. The number of carbonyl (C=O) groups is 2. The van der Waals surface area contributed by atoms with Crippen LogP contribution in [0.25, 0.3) is 0 Å². The summed E-state index contributed by atoms with van der Waals surface area (Å²) in [6.45, 7) is 6.93. The van der Waals surface area contributed by atoms with E-state index in [0.29, 0.717) is 12.8 Å². The minimum atomic E-state index is -3.92. The van der Waals surface area contributed by atoms with Gasteiger partial charge in [-0.05, 0) is 52.7 Å². The summed E-state index contributed by atoms with van der Waals surface area (Å²) in [6, 6.07) is 6.38. The van der Waals surface area contributed by atoms with Crippen LogP contribution in [0.3, 0.4) is 0 Å². The van der Waals surface area contributed by atoms with Gasteiger partial charge in [0.1, 0.15) is 11.0 Å². The van der Waals surface area contributed by atoms with E-state index in [1.807, 2.05) is 6.92 Å². The number of carbonyl (C=O) groups excluding carboxylic acids is 2. The van der Waals surface area contributed by atoms with Gasteiger partial charge in [0.05, 0.1) is 17.9 Å². The maximum absolute atomic E-state index is 13.2. The molecule has 1 N–H and O–H groups in total. The summed E-state index contributed by atoms with van der Waals surface area (Å²) in [5.74, 6) is -1.62. The molecule has 0 radical (unpaired) electrons. The number of hydrogen-bond donors (Lipinski definition) is 1. The van der Waals surface area contributed by atoms with E-state index in [-0.39, 0.29) is 4.90 Å². The van der Waals surface area contributed by atoms with Crippen molar-refractivity contribution in [2.24, 2.45) is 11.8 Å². The molecule has 150 valence electrons. The number of methoxy groups -OCH3 is 1. The molecule has 0 spiro atoms. The first-order valence-corrected chi connectivity index (χ1v) is 10.4. The second-order valence-corrected chi connectivity index (χ2v) is 9.87. The van der Waals surface area contributed by atoms with Crippen molar-refractivity contribution >= 4 is 21.9 Å². The van der Waals surface area contributed by atoms with Crippen LogP contribution in [0, 0.1) is 18.8 Å². The topological polar surface area (TPSA) is 98.8 Å². The molecule has 1 aromatic carbocycles. The van der Waals surface area contributed by atoms with Crippen LogP contribution in [-0.2, 0) is 24.1 Å². The Labute approximate surface area is 160 Å². The Morgan fingerprint density at radius 3 is 2.19 bits per heavy atom. The first kappa shape index (κ1) is 21.2. The van der Waals surface area contributed by atoms with Crippen LogP contribution in [0.15, 0.2) is 29.2 Å². The Kier molecular flexibility index (Phi) is 6.19. The van der Waals surface area contributed by atoms with Crippen molar-refractivity contribution in [1.82, 2.24) is 5.32 Å². The zero-order chi connectivity index (χ0) is 20.4. The fourth-order valence-electron chi connectivity index (χ4n) is 3.05. The highest BCUT2D eigenvalue weighted by Crippen LogP contribution is 2.40. The normalized spacial score (nSPS) is 20.9. The third-order valence-electron chi connectivity index (χ3n) is 4.56. The molecule has 3 atom stereocenters. The Balaban J connectivity index is 2.35. The molecule has 1 aromatic rings. The number of amides is 1. The number of ether oxygens (including phenoxy) is 2. The van der Waals surface area contributed by atoms with Gasteiger partial charge in [0, 0.05) is 5.92 Å². The zero-order valence-corrected chi connectivity index (χ0v) is 17.1. The lowest BCUT2D eigenvalue weighted by Gasteiger charge is -2.39. The van der Waals surface area contributed by atoms with Gasteiger partial charge in [0.2, 0.25) is 0 Å². The minimum Gasteiger partial charge on any atom is -0.469 e. The summed E-state index contributed by atoms with van der Waals surface area (Å²) in [5.41, 5.74) is 0.144. The van der Waals surface area contributed by atoms with Gasteiger partial charge >= 0.3 is 12.1 Å². The van der Waals surface area contributed by atoms with E-state index < -0.39 is 44.7 Å². The SMILES string of the molecule is COC(=O)C1CCC1C(NC(=O)OC(C)(C)C)S(=O)(=O)c1ccc(C)cc1. The third kappa shape index (κ3) is 5.00. The highest BCUT2D eigenvalue weighted by Gasteiger charge is 2.48. The van der Waals surface area contributed by atoms with Crippen molar-refractivity contribution in [3.05, 3.63) is 29.8 Å². The average molecular weight is 397 g/mol. The first-order valence-electron chi connectivity index (χ1n) is 8.83. The Morgan fingerprint density at radius 1 is 1.15 bits per heavy atom. The maximum atomic E-state index is 13.2. The van der Waals surface area contributed by atoms with E-state index in [0.717, 1.165) is 5.56 Å². The maximum Gasteiger partial charge on any atom is 0.408 e. The fraction of sp³-hybridized carbons (Fsp3) is 0.579. The van der Waals surface area contributed by atoms with Gasteiger partial charge in [-0.25, -0.2) is 13.2 Å². The van der Waals surface area contributed by atoms with E-state index >= 15 is 0 Å². The summed E-state index contributed by atoms with van der Waals surface area (Å²) in [6.07, 6.45) is 0.178. The number of alkyl carbamates (subject to hydrolysis) is 1. The van der Waals surface area contributed by atoms with Crippen LogP contribution in [0.2, 0.25) is 0 Å². The van der Waals surface area contributed by atoms with Crippen molar-refractivity contribution in [3.8, 4) is 0 Å². The highest BCUT2D eigenvalue weighted by atomic mass is 32.2. The standard InChI is InChI=1S/C19H27NO6S/c1-12-6-8-13(9-7-12)27(23,24)16(20-18(22)26-19(2,3)4)14-10-11-15(14)17(21)25-5/h6-9,14-16H,10-11H2,1-5H3,(H,20,22). The molecule has 0 aliphatic heterocycles. The molecule has 2 rings (SSSR count). The van der Waals surface area contributed by atoms with Gasteiger partial charge in [-0.2, -0.15) is 0 Å². The summed E-state index contributed by atoms with van der Waals surface area (Å²) in [7, 11) is -2.66. The van der Waals surface area contributed by atoms with Gasteiger partial charge < -0.3 is 14.8 Å². The zero-order valence-electron chi connectivity index (χ0n) is 16.3. The van der Waals surface area contributed by atoms with E-state index in [9.17, 15) is 18.0 Å². The monoisotopic (exact) mass is 397 g/mol. The van der Waals surface area contributed by atoms with Crippen molar-refractivity contribution in [2.75, 3.05) is 7.11 Å². The van der Waals surface area contributed by atoms with Crippen LogP contribution in [0.1, 0.15) is 39.2 Å². The second kappa shape index (κ2) is 7.88. The molecule has 0 bridgehead atoms. The second-order valence-electron chi connectivity index (χ2n) is 7.80. The predicted molar refractivity (Wildman–Crippen MR) is 99.8 cm³/mol. The molecule has 0 aromatic heterocycles. The predicted octanol–water partition coefficient (Wildman–Crippen LogP) is 2.82. The van der Waals surface area contributed by atoms with Crippen molar-refractivity contribution < 1.29 is 27.5 Å². The number of nitrogens with one attached hydrogen (secondary N) is 1. The van der Waals surface area contributed by atoms with Crippen molar-refractivity contribution in [2.45, 2.75) is 56.4 Å². The lowest BCUT2D eigenvalue weighted by molar-refractivity contribution is -0.151. The molecular formula is C19H27NO6S. The minimum absolute atomic E-state index is 0.0877. The summed E-state index contributed by atoms with van der Waals surface area (Å²) < 4.78 is 36.4. The molecule has 0 heterocycles. The number of hydrogen-bond acceptors (Lipinski definition) is 6.